The van der Waals surface area contributed by atoms with Crippen LogP contribution in [-0.2, 0) is 4.79 Å². The van der Waals surface area contributed by atoms with Crippen molar-refractivity contribution < 1.29 is 14.6 Å². The molecule has 25 heavy (non-hydrogen) atoms. The van der Waals surface area contributed by atoms with Crippen molar-refractivity contribution in [2.75, 3.05) is 6.61 Å². The van der Waals surface area contributed by atoms with Gasteiger partial charge in [-0.05, 0) is 65.5 Å². The number of aryl methyl sites for hydroxylation is 2. The number of aromatic hydroxyl groups is 1. The van der Waals surface area contributed by atoms with E-state index in [9.17, 15) is 9.90 Å². The molecule has 0 aromatic heterocycles. The summed E-state index contributed by atoms with van der Waals surface area (Å²) in [6, 6.07) is 7.38. The normalized spacial score (nSPS) is 10.9. The molecule has 1 amide bonds. The molecule has 5 nitrogen and oxygen atoms in total. The fraction of sp³-hybridized carbons (Fsp3) is 0.222. The Morgan fingerprint density at radius 2 is 1.92 bits per heavy atom. The van der Waals surface area contributed by atoms with Gasteiger partial charge >= 0.3 is 0 Å². The molecule has 0 atom stereocenters. The number of rotatable bonds is 5. The maximum atomic E-state index is 11.9. The number of carbonyl (C=O) groups excluding carboxylic acids is 1. The minimum absolute atomic E-state index is 0.0449. The van der Waals surface area contributed by atoms with Gasteiger partial charge in [0.05, 0.1) is 10.7 Å². The van der Waals surface area contributed by atoms with Crippen molar-refractivity contribution >= 4 is 44.0 Å². The zero-order chi connectivity index (χ0) is 18.6. The molecule has 0 spiro atoms. The molecule has 2 aromatic rings. The van der Waals surface area contributed by atoms with Crippen LogP contribution in [0.5, 0.6) is 11.5 Å². The second kappa shape index (κ2) is 8.49. The van der Waals surface area contributed by atoms with Crippen molar-refractivity contribution in [2.45, 2.75) is 20.8 Å². The summed E-state index contributed by atoms with van der Waals surface area (Å²) >= 11 is 6.57. The Hall–Kier alpha value is -1.86. The van der Waals surface area contributed by atoms with Gasteiger partial charge in [-0.3, -0.25) is 4.79 Å². The molecule has 0 aliphatic rings. The molecule has 0 saturated carbocycles. The summed E-state index contributed by atoms with van der Waals surface area (Å²) < 4.78 is 6.93. The van der Waals surface area contributed by atoms with Crippen LogP contribution >= 0.6 is 31.9 Å². The van der Waals surface area contributed by atoms with Crippen LogP contribution in [0, 0.1) is 20.8 Å². The van der Waals surface area contributed by atoms with Crippen molar-refractivity contribution in [1.29, 1.82) is 0 Å². The summed E-state index contributed by atoms with van der Waals surface area (Å²) in [4.78, 5) is 11.9. The lowest BCUT2D eigenvalue weighted by atomic mass is 10.1. The fourth-order valence-corrected chi connectivity index (χ4v) is 3.43. The first-order valence-electron chi connectivity index (χ1n) is 7.49. The molecule has 0 fully saturated rings. The van der Waals surface area contributed by atoms with E-state index in [1.807, 2.05) is 32.9 Å². The Balaban J connectivity index is 1.97. The maximum Gasteiger partial charge on any atom is 0.277 e. The monoisotopic (exact) mass is 468 g/mol. The highest BCUT2D eigenvalue weighted by Gasteiger charge is 2.09. The Kier molecular flexibility index (Phi) is 6.61. The van der Waals surface area contributed by atoms with Gasteiger partial charge in [-0.2, -0.15) is 5.10 Å². The second-order valence-corrected chi connectivity index (χ2v) is 7.33. The highest BCUT2D eigenvalue weighted by atomic mass is 79.9. The molecule has 0 unspecified atom stereocenters. The topological polar surface area (TPSA) is 70.9 Å². The fourth-order valence-electron chi connectivity index (χ4n) is 2.18. The molecule has 0 heterocycles. The lowest BCUT2D eigenvalue weighted by molar-refractivity contribution is -0.123. The molecular weight excluding hydrogens is 452 g/mol. The van der Waals surface area contributed by atoms with Gasteiger partial charge in [0.1, 0.15) is 11.5 Å². The van der Waals surface area contributed by atoms with E-state index in [2.05, 4.69) is 42.4 Å². The number of hydrazone groups is 1. The predicted octanol–water partition coefficient (Wildman–Crippen LogP) is 4.37. The van der Waals surface area contributed by atoms with Gasteiger partial charge in [-0.25, -0.2) is 5.43 Å². The van der Waals surface area contributed by atoms with Crippen LogP contribution in [0.15, 0.2) is 38.3 Å². The van der Waals surface area contributed by atoms with Crippen molar-refractivity contribution in [2.24, 2.45) is 5.10 Å². The quantitative estimate of drug-likeness (QED) is 0.504. The van der Waals surface area contributed by atoms with Crippen molar-refractivity contribution in [1.82, 2.24) is 5.43 Å². The first kappa shape index (κ1) is 19.5. The SMILES string of the molecule is Cc1ccc(C)c(OCC(=O)N/N=C\c2cc(Br)cc(Br)c2O)c1C. The number of hydrogen-bond donors (Lipinski definition) is 2. The maximum absolute atomic E-state index is 11.9. The number of phenols is 1. The third-order valence-corrected chi connectivity index (χ3v) is 4.73. The van der Waals surface area contributed by atoms with Crippen molar-refractivity contribution in [3.8, 4) is 11.5 Å². The van der Waals surface area contributed by atoms with Crippen LogP contribution in [0.25, 0.3) is 0 Å². The molecule has 2 aromatic carbocycles. The van der Waals surface area contributed by atoms with Crippen molar-refractivity contribution in [3.63, 3.8) is 0 Å². The van der Waals surface area contributed by atoms with Crippen LogP contribution < -0.4 is 10.2 Å². The number of nitrogens with one attached hydrogen (secondary N) is 1. The third-order valence-electron chi connectivity index (χ3n) is 3.67. The van der Waals surface area contributed by atoms with Gasteiger partial charge in [0.25, 0.3) is 5.91 Å². The van der Waals surface area contributed by atoms with E-state index >= 15 is 0 Å². The highest BCUT2D eigenvalue weighted by molar-refractivity contribution is 9.11. The van der Waals surface area contributed by atoms with Crippen LogP contribution in [0.2, 0.25) is 0 Å². The van der Waals surface area contributed by atoms with E-state index in [1.165, 1.54) is 6.21 Å². The van der Waals surface area contributed by atoms with Gasteiger partial charge in [0.2, 0.25) is 0 Å². The Labute approximate surface area is 163 Å². The molecule has 2 N–H and O–H groups in total. The molecule has 132 valence electrons. The van der Waals surface area contributed by atoms with Crippen molar-refractivity contribution in [3.05, 3.63) is 55.5 Å². The zero-order valence-corrected chi connectivity index (χ0v) is 17.2. The molecule has 0 saturated heterocycles. The van der Waals surface area contributed by atoms with Crippen LogP contribution in [-0.4, -0.2) is 23.8 Å². The van der Waals surface area contributed by atoms with Crippen LogP contribution in [0.3, 0.4) is 0 Å². The smallest absolute Gasteiger partial charge is 0.277 e. The zero-order valence-electron chi connectivity index (χ0n) is 14.1. The number of amides is 1. The number of nitrogens with zero attached hydrogens (tertiary/aromatic N) is 1. The average Bonchev–Trinajstić information content (AvgIpc) is 2.55. The Morgan fingerprint density at radius 1 is 1.24 bits per heavy atom. The molecule has 0 bridgehead atoms. The Morgan fingerprint density at radius 3 is 2.64 bits per heavy atom. The van der Waals surface area contributed by atoms with Gasteiger partial charge in [-0.15, -0.1) is 0 Å². The standard InChI is InChI=1S/C18H18Br2N2O3/c1-10-4-5-11(2)18(12(10)3)25-9-16(23)22-21-8-13-6-14(19)7-15(20)17(13)24/h4-8,24H,9H2,1-3H3,(H,22,23)/b21-8-. The van der Waals surface area contributed by atoms with Gasteiger partial charge in [0.15, 0.2) is 6.61 Å². The largest absolute Gasteiger partial charge is 0.506 e. The summed E-state index contributed by atoms with van der Waals surface area (Å²) in [7, 11) is 0. The summed E-state index contributed by atoms with van der Waals surface area (Å²) in [5, 5.41) is 13.8. The minimum Gasteiger partial charge on any atom is -0.506 e. The van der Waals surface area contributed by atoms with Crippen LogP contribution in [0.4, 0.5) is 0 Å². The van der Waals surface area contributed by atoms with E-state index in [0.717, 1.165) is 21.2 Å². The Bertz CT molecular complexity index is 836. The summed E-state index contributed by atoms with van der Waals surface area (Å²) in [6.45, 7) is 5.75. The number of halogens is 2. The molecule has 0 aliphatic heterocycles. The number of benzene rings is 2. The predicted molar refractivity (Wildman–Crippen MR) is 105 cm³/mol. The van der Waals surface area contributed by atoms with Crippen LogP contribution in [0.1, 0.15) is 22.3 Å². The van der Waals surface area contributed by atoms with E-state index < -0.39 is 0 Å². The molecule has 0 radical (unpaired) electrons. The average molecular weight is 470 g/mol. The number of phenolic OH excluding ortho intramolecular Hbond substituents is 1. The summed E-state index contributed by atoms with van der Waals surface area (Å²) in [6.07, 6.45) is 1.37. The lowest BCUT2D eigenvalue weighted by Crippen LogP contribution is -2.25. The number of hydrogen-bond acceptors (Lipinski definition) is 4. The number of ether oxygens (including phenoxy) is 1. The third kappa shape index (κ3) is 5.06. The van der Waals surface area contributed by atoms with E-state index in [-0.39, 0.29) is 18.3 Å². The molecule has 7 heteroatoms. The summed E-state index contributed by atoms with van der Waals surface area (Å²) in [5.74, 6) is 0.376. The van der Waals surface area contributed by atoms with Gasteiger partial charge in [0, 0.05) is 10.0 Å². The van der Waals surface area contributed by atoms with Gasteiger partial charge < -0.3 is 9.84 Å². The first-order chi connectivity index (χ1) is 11.8. The molecular formula is C18H18Br2N2O3. The number of carbonyl (C=O) groups is 1. The molecule has 0 aliphatic carbocycles. The van der Waals surface area contributed by atoms with E-state index in [0.29, 0.717) is 15.8 Å². The van der Waals surface area contributed by atoms with Gasteiger partial charge in [-0.1, -0.05) is 28.1 Å². The minimum atomic E-state index is -0.384. The van der Waals surface area contributed by atoms with E-state index in [1.54, 1.807) is 12.1 Å². The highest BCUT2D eigenvalue weighted by Crippen LogP contribution is 2.30. The summed E-state index contributed by atoms with van der Waals surface area (Å²) in [5.41, 5.74) is 5.95. The first-order valence-corrected chi connectivity index (χ1v) is 9.07. The van der Waals surface area contributed by atoms with E-state index in [4.69, 9.17) is 4.74 Å². The molecule has 2 rings (SSSR count). The lowest BCUT2D eigenvalue weighted by Gasteiger charge is -2.13. The second-order valence-electron chi connectivity index (χ2n) is 5.56.